The first kappa shape index (κ1) is 19.2. The molecule has 146 valence electrons. The van der Waals surface area contributed by atoms with Crippen LogP contribution in [-0.2, 0) is 14.4 Å². The summed E-state index contributed by atoms with van der Waals surface area (Å²) in [7, 11) is 1.54. The van der Waals surface area contributed by atoms with Crippen molar-refractivity contribution < 1.29 is 19.1 Å². The van der Waals surface area contributed by atoms with E-state index in [-0.39, 0.29) is 11.9 Å². The standard InChI is InChI=1S/C20H27N3O4/c1-27-17-11-10-15(13-16(17)23-12-6-9-18(23)24)22-20(26)19(25)21-14-7-4-2-3-5-8-14/h10-11,13-14H,2-9,12H2,1H3,(H,21,25)(H,22,26). The van der Waals surface area contributed by atoms with E-state index in [9.17, 15) is 14.4 Å². The van der Waals surface area contributed by atoms with Crippen molar-refractivity contribution in [3.05, 3.63) is 18.2 Å². The maximum absolute atomic E-state index is 12.3. The lowest BCUT2D eigenvalue weighted by Gasteiger charge is -2.20. The molecule has 7 heteroatoms. The highest BCUT2D eigenvalue weighted by molar-refractivity contribution is 6.39. The van der Waals surface area contributed by atoms with Crippen LogP contribution in [0.4, 0.5) is 11.4 Å². The molecule has 3 rings (SSSR count). The van der Waals surface area contributed by atoms with Gasteiger partial charge in [0, 0.05) is 24.7 Å². The Morgan fingerprint density at radius 1 is 1.07 bits per heavy atom. The first-order valence-corrected chi connectivity index (χ1v) is 9.68. The van der Waals surface area contributed by atoms with Gasteiger partial charge in [0.25, 0.3) is 0 Å². The summed E-state index contributed by atoms with van der Waals surface area (Å²) in [5.41, 5.74) is 1.08. The molecule has 1 heterocycles. The van der Waals surface area contributed by atoms with Crippen LogP contribution < -0.4 is 20.3 Å². The lowest BCUT2D eigenvalue weighted by Crippen LogP contribution is -2.41. The fourth-order valence-electron chi connectivity index (χ4n) is 3.74. The Balaban J connectivity index is 1.66. The SMILES string of the molecule is COc1ccc(NC(=O)C(=O)NC2CCCCCC2)cc1N1CCCC1=O. The smallest absolute Gasteiger partial charge is 0.313 e. The Bertz CT molecular complexity index is 711. The van der Waals surface area contributed by atoms with Gasteiger partial charge in [-0.1, -0.05) is 25.7 Å². The number of nitrogens with zero attached hydrogens (tertiary/aromatic N) is 1. The predicted octanol–water partition coefficient (Wildman–Crippen LogP) is 2.60. The average Bonchev–Trinajstić information content (AvgIpc) is 2.92. The van der Waals surface area contributed by atoms with Gasteiger partial charge in [-0.3, -0.25) is 14.4 Å². The van der Waals surface area contributed by atoms with Crippen LogP contribution in [0.15, 0.2) is 18.2 Å². The Morgan fingerprint density at radius 2 is 1.81 bits per heavy atom. The van der Waals surface area contributed by atoms with Crippen LogP contribution in [0.2, 0.25) is 0 Å². The number of hydrogen-bond acceptors (Lipinski definition) is 4. The molecule has 1 saturated carbocycles. The number of benzene rings is 1. The van der Waals surface area contributed by atoms with E-state index in [0.29, 0.717) is 30.1 Å². The van der Waals surface area contributed by atoms with E-state index in [0.717, 1.165) is 32.1 Å². The zero-order chi connectivity index (χ0) is 19.2. The molecular formula is C20H27N3O4. The zero-order valence-corrected chi connectivity index (χ0v) is 15.8. The van der Waals surface area contributed by atoms with Crippen LogP contribution in [0.25, 0.3) is 0 Å². The Kier molecular flexibility index (Phi) is 6.32. The number of carbonyl (C=O) groups excluding carboxylic acids is 3. The van der Waals surface area contributed by atoms with E-state index in [1.54, 1.807) is 23.1 Å². The number of amides is 3. The van der Waals surface area contributed by atoms with E-state index < -0.39 is 11.8 Å². The second-order valence-corrected chi connectivity index (χ2v) is 7.15. The number of methoxy groups -OCH3 is 1. The largest absolute Gasteiger partial charge is 0.495 e. The van der Waals surface area contributed by atoms with E-state index in [2.05, 4.69) is 10.6 Å². The summed E-state index contributed by atoms with van der Waals surface area (Å²) >= 11 is 0. The van der Waals surface area contributed by atoms with Crippen LogP contribution in [0, 0.1) is 0 Å². The van der Waals surface area contributed by atoms with Crippen LogP contribution in [0.3, 0.4) is 0 Å². The fraction of sp³-hybridized carbons (Fsp3) is 0.550. The molecule has 1 aromatic rings. The van der Waals surface area contributed by atoms with E-state index in [4.69, 9.17) is 4.74 Å². The molecule has 0 spiro atoms. The molecule has 2 aliphatic rings. The highest BCUT2D eigenvalue weighted by atomic mass is 16.5. The molecule has 0 aromatic heterocycles. The first-order valence-electron chi connectivity index (χ1n) is 9.68. The number of hydrogen-bond donors (Lipinski definition) is 2. The molecule has 27 heavy (non-hydrogen) atoms. The quantitative estimate of drug-likeness (QED) is 0.627. The van der Waals surface area contributed by atoms with Gasteiger partial charge in [-0.05, 0) is 37.5 Å². The molecule has 1 saturated heterocycles. The van der Waals surface area contributed by atoms with E-state index in [1.165, 1.54) is 20.0 Å². The molecule has 0 radical (unpaired) electrons. The van der Waals surface area contributed by atoms with Gasteiger partial charge in [0.1, 0.15) is 5.75 Å². The van der Waals surface area contributed by atoms with E-state index in [1.807, 2.05) is 0 Å². The van der Waals surface area contributed by atoms with Crippen LogP contribution in [0.5, 0.6) is 5.75 Å². The highest BCUT2D eigenvalue weighted by Crippen LogP contribution is 2.34. The van der Waals surface area contributed by atoms with Crippen LogP contribution in [0.1, 0.15) is 51.4 Å². The lowest BCUT2D eigenvalue weighted by molar-refractivity contribution is -0.136. The number of rotatable bonds is 4. The predicted molar refractivity (Wildman–Crippen MR) is 103 cm³/mol. The van der Waals surface area contributed by atoms with Gasteiger partial charge >= 0.3 is 11.8 Å². The van der Waals surface area contributed by atoms with Crippen molar-refractivity contribution in [1.29, 1.82) is 0 Å². The summed E-state index contributed by atoms with van der Waals surface area (Å²) in [5.74, 6) is -0.714. The first-order chi connectivity index (χ1) is 13.1. The minimum atomic E-state index is -0.692. The molecular weight excluding hydrogens is 346 g/mol. The maximum Gasteiger partial charge on any atom is 0.313 e. The van der Waals surface area contributed by atoms with Crippen molar-refractivity contribution in [2.45, 2.75) is 57.4 Å². The summed E-state index contributed by atoms with van der Waals surface area (Å²) in [6.07, 6.45) is 7.67. The van der Waals surface area contributed by atoms with Crippen molar-refractivity contribution in [2.24, 2.45) is 0 Å². The molecule has 1 aliphatic heterocycles. The van der Waals surface area contributed by atoms with Gasteiger partial charge in [-0.2, -0.15) is 0 Å². The molecule has 1 aliphatic carbocycles. The average molecular weight is 373 g/mol. The molecule has 3 amide bonds. The normalized spacial score (nSPS) is 18.1. The maximum atomic E-state index is 12.3. The van der Waals surface area contributed by atoms with Crippen LogP contribution in [-0.4, -0.2) is 37.4 Å². The molecule has 0 atom stereocenters. The van der Waals surface area contributed by atoms with Gasteiger partial charge in [0.05, 0.1) is 12.8 Å². The van der Waals surface area contributed by atoms with Crippen LogP contribution >= 0.6 is 0 Å². The monoisotopic (exact) mass is 373 g/mol. The fourth-order valence-corrected chi connectivity index (χ4v) is 3.74. The third-order valence-electron chi connectivity index (χ3n) is 5.20. The van der Waals surface area contributed by atoms with Crippen molar-refractivity contribution >= 4 is 29.1 Å². The second kappa shape index (κ2) is 8.88. The number of anilines is 2. The van der Waals surface area contributed by atoms with Crippen molar-refractivity contribution in [2.75, 3.05) is 23.9 Å². The number of carbonyl (C=O) groups is 3. The topological polar surface area (TPSA) is 87.7 Å². The van der Waals surface area contributed by atoms with Gasteiger partial charge in [-0.25, -0.2) is 0 Å². The third-order valence-corrected chi connectivity index (χ3v) is 5.20. The minimum absolute atomic E-state index is 0.0304. The van der Waals surface area contributed by atoms with Crippen molar-refractivity contribution in [3.63, 3.8) is 0 Å². The Hall–Kier alpha value is -2.57. The van der Waals surface area contributed by atoms with E-state index >= 15 is 0 Å². The molecule has 2 fully saturated rings. The second-order valence-electron chi connectivity index (χ2n) is 7.15. The Labute approximate surface area is 159 Å². The third kappa shape index (κ3) is 4.78. The summed E-state index contributed by atoms with van der Waals surface area (Å²) in [6.45, 7) is 0.620. The highest BCUT2D eigenvalue weighted by Gasteiger charge is 2.25. The van der Waals surface area contributed by atoms with Gasteiger partial charge in [-0.15, -0.1) is 0 Å². The molecule has 2 N–H and O–H groups in total. The van der Waals surface area contributed by atoms with Gasteiger partial charge in [0.15, 0.2) is 0 Å². The summed E-state index contributed by atoms with van der Waals surface area (Å²) in [5, 5.41) is 5.47. The number of ether oxygens (including phenoxy) is 1. The molecule has 7 nitrogen and oxygen atoms in total. The molecule has 0 unspecified atom stereocenters. The number of nitrogens with one attached hydrogen (secondary N) is 2. The van der Waals surface area contributed by atoms with Crippen molar-refractivity contribution in [1.82, 2.24) is 5.32 Å². The van der Waals surface area contributed by atoms with Crippen molar-refractivity contribution in [3.8, 4) is 5.75 Å². The summed E-state index contributed by atoms with van der Waals surface area (Å²) in [4.78, 5) is 38.2. The Morgan fingerprint density at radius 3 is 2.44 bits per heavy atom. The lowest BCUT2D eigenvalue weighted by atomic mass is 10.1. The summed E-state index contributed by atoms with van der Waals surface area (Å²) < 4.78 is 5.34. The summed E-state index contributed by atoms with van der Waals surface area (Å²) in [6, 6.07) is 5.11. The van der Waals surface area contributed by atoms with Gasteiger partial charge < -0.3 is 20.3 Å². The van der Waals surface area contributed by atoms with Gasteiger partial charge in [0.2, 0.25) is 5.91 Å². The molecule has 1 aromatic carbocycles. The minimum Gasteiger partial charge on any atom is -0.495 e. The molecule has 0 bridgehead atoms. The zero-order valence-electron chi connectivity index (χ0n) is 15.8.